The molecule has 1 aromatic rings. The van der Waals surface area contributed by atoms with Crippen LogP contribution in [0.1, 0.15) is 104 Å². The number of aliphatic carboxylic acids is 2. The quantitative estimate of drug-likeness (QED) is 0.0425. The molecule has 1 aromatic carbocycles. The van der Waals surface area contributed by atoms with Crippen molar-refractivity contribution in [2.24, 2.45) is 16.6 Å². The molecule has 2 atom stereocenters. The summed E-state index contributed by atoms with van der Waals surface area (Å²) in [5.41, 5.74) is 7.78. The largest absolute Gasteiger partial charge is 0.481 e. The molecular formula is C39H64N6O11. The van der Waals surface area contributed by atoms with Gasteiger partial charge >= 0.3 is 11.9 Å². The molecule has 316 valence electrons. The lowest BCUT2D eigenvalue weighted by atomic mass is 9.74. The number of carbonyl (C=O) groups is 7. The number of carbonyl (C=O) groups excluding carboxylic acids is 5. The number of anilines is 1. The van der Waals surface area contributed by atoms with E-state index < -0.39 is 57.7 Å². The van der Waals surface area contributed by atoms with E-state index in [4.69, 9.17) is 20.9 Å². The standard InChI is InChI=1S/C39H64N6O11/c1-36(2,24-37(3,4)35(53)54)34(52)44-28(33(50)51)16-17-29(46)38(5,6)43-19-20-55-21-22-56-23-30(47)39(7,8)45-27(31(41)48)11-9-10-18-42-32(49)25-12-14-26(40)15-13-25/h12-15,27-28,43,45H,9-11,16-24,40H2,1-8H3,(H2,41,48)(H,42,49)(H,44,52)(H,50,51)(H,53,54). The number of nitrogens with two attached hydrogens (primary N) is 2. The molecule has 0 saturated heterocycles. The summed E-state index contributed by atoms with van der Waals surface area (Å²) in [6, 6.07) is 4.45. The van der Waals surface area contributed by atoms with E-state index in [-0.39, 0.29) is 69.7 Å². The maximum atomic E-state index is 13.0. The third-order valence-corrected chi connectivity index (χ3v) is 9.41. The van der Waals surface area contributed by atoms with Crippen LogP contribution in [0.2, 0.25) is 0 Å². The zero-order valence-corrected chi connectivity index (χ0v) is 34.2. The number of nitrogens with one attached hydrogen (secondary N) is 4. The number of ketones is 2. The highest BCUT2D eigenvalue weighted by Gasteiger charge is 2.40. The van der Waals surface area contributed by atoms with Crippen molar-refractivity contribution >= 4 is 46.9 Å². The Hall–Kier alpha value is -4.45. The minimum absolute atomic E-state index is 0.0236. The average molecular weight is 793 g/mol. The zero-order chi connectivity index (χ0) is 42.9. The van der Waals surface area contributed by atoms with Crippen molar-refractivity contribution in [1.29, 1.82) is 0 Å². The zero-order valence-electron chi connectivity index (χ0n) is 34.2. The van der Waals surface area contributed by atoms with Crippen LogP contribution in [-0.4, -0.2) is 114 Å². The molecule has 0 bridgehead atoms. The second kappa shape index (κ2) is 22.3. The van der Waals surface area contributed by atoms with E-state index in [9.17, 15) is 43.8 Å². The Kier molecular flexibility index (Phi) is 19.8. The topological polar surface area (TPSA) is 279 Å². The second-order valence-corrected chi connectivity index (χ2v) is 16.3. The van der Waals surface area contributed by atoms with Gasteiger partial charge in [-0.15, -0.1) is 0 Å². The van der Waals surface area contributed by atoms with Gasteiger partial charge in [0.05, 0.1) is 42.4 Å². The number of primary amides is 1. The van der Waals surface area contributed by atoms with Gasteiger partial charge in [-0.05, 0) is 97.9 Å². The predicted octanol–water partition coefficient (Wildman–Crippen LogP) is 1.81. The first kappa shape index (κ1) is 49.6. The van der Waals surface area contributed by atoms with Gasteiger partial charge in [-0.25, -0.2) is 4.79 Å². The van der Waals surface area contributed by atoms with E-state index in [1.165, 1.54) is 13.8 Å². The molecule has 1 rings (SSSR count). The third-order valence-electron chi connectivity index (χ3n) is 9.41. The maximum absolute atomic E-state index is 13.0. The molecule has 10 N–H and O–H groups in total. The van der Waals surface area contributed by atoms with Crippen LogP contribution in [0.4, 0.5) is 5.69 Å². The first-order chi connectivity index (χ1) is 25.8. The Balaban J connectivity index is 2.39. The molecule has 0 radical (unpaired) electrons. The minimum Gasteiger partial charge on any atom is -0.481 e. The Morgan fingerprint density at radius 3 is 1.91 bits per heavy atom. The number of unbranched alkanes of at least 4 members (excludes halogenated alkanes) is 1. The van der Waals surface area contributed by atoms with Crippen molar-refractivity contribution in [3.05, 3.63) is 29.8 Å². The van der Waals surface area contributed by atoms with Crippen LogP contribution in [0.5, 0.6) is 0 Å². The first-order valence-electron chi connectivity index (χ1n) is 18.8. The molecule has 17 heteroatoms. The summed E-state index contributed by atoms with van der Waals surface area (Å²) < 4.78 is 11.0. The molecule has 0 aromatic heterocycles. The van der Waals surface area contributed by atoms with Gasteiger partial charge in [-0.1, -0.05) is 13.8 Å². The van der Waals surface area contributed by atoms with Gasteiger partial charge in [0.25, 0.3) is 5.91 Å². The molecule has 0 heterocycles. The van der Waals surface area contributed by atoms with Crippen LogP contribution >= 0.6 is 0 Å². The SMILES string of the molecule is CC(C)(CC(C)(C)C(=O)NC(CCC(=O)C(C)(C)NCCOCCOCC(=O)C(C)(C)NC(CCCCNC(=O)c1ccc(N)cc1)C(N)=O)C(=O)O)C(=O)O. The Morgan fingerprint density at radius 2 is 1.34 bits per heavy atom. The molecule has 0 aliphatic carbocycles. The summed E-state index contributed by atoms with van der Waals surface area (Å²) in [4.78, 5) is 86.5. The second-order valence-electron chi connectivity index (χ2n) is 16.3. The lowest BCUT2D eigenvalue weighted by Gasteiger charge is -2.32. The van der Waals surface area contributed by atoms with Crippen molar-refractivity contribution in [2.75, 3.05) is 45.3 Å². The summed E-state index contributed by atoms with van der Waals surface area (Å²) in [7, 11) is 0. The van der Waals surface area contributed by atoms with Crippen LogP contribution in [0.15, 0.2) is 24.3 Å². The molecule has 0 saturated carbocycles. The highest BCUT2D eigenvalue weighted by molar-refractivity contribution is 5.94. The number of amides is 3. The van der Waals surface area contributed by atoms with Crippen LogP contribution in [-0.2, 0) is 38.2 Å². The summed E-state index contributed by atoms with van der Waals surface area (Å²) in [6.45, 7) is 13.6. The fourth-order valence-electron chi connectivity index (χ4n) is 5.77. The van der Waals surface area contributed by atoms with Gasteiger partial charge in [0, 0.05) is 36.2 Å². The lowest BCUT2D eigenvalue weighted by molar-refractivity contribution is -0.151. The van der Waals surface area contributed by atoms with Crippen molar-refractivity contribution in [1.82, 2.24) is 21.3 Å². The van der Waals surface area contributed by atoms with Gasteiger partial charge in [0.2, 0.25) is 11.8 Å². The van der Waals surface area contributed by atoms with Crippen LogP contribution in [0.25, 0.3) is 0 Å². The fraction of sp³-hybridized carbons (Fsp3) is 0.667. The van der Waals surface area contributed by atoms with Crippen LogP contribution in [0, 0.1) is 10.8 Å². The Morgan fingerprint density at radius 1 is 0.732 bits per heavy atom. The number of rotatable bonds is 29. The number of hydrogen-bond acceptors (Lipinski definition) is 12. The summed E-state index contributed by atoms with van der Waals surface area (Å²) in [6.07, 6.45) is 1.21. The van der Waals surface area contributed by atoms with Crippen molar-refractivity contribution in [3.8, 4) is 0 Å². The van der Waals surface area contributed by atoms with Crippen LogP contribution in [0.3, 0.4) is 0 Å². The number of Topliss-reactive ketones (excluding diaryl/α,β-unsaturated/α-hetero) is 2. The van der Waals surface area contributed by atoms with E-state index in [2.05, 4.69) is 21.3 Å². The Labute approximate surface area is 329 Å². The van der Waals surface area contributed by atoms with E-state index >= 15 is 0 Å². The molecule has 3 amide bonds. The fourth-order valence-corrected chi connectivity index (χ4v) is 5.77. The number of carboxylic acid groups (broad SMARTS) is 2. The minimum atomic E-state index is -1.34. The van der Waals surface area contributed by atoms with Gasteiger partial charge in [-0.3, -0.25) is 34.1 Å². The van der Waals surface area contributed by atoms with Gasteiger partial charge in [-0.2, -0.15) is 0 Å². The van der Waals surface area contributed by atoms with Crippen molar-refractivity contribution in [2.45, 2.75) is 117 Å². The summed E-state index contributed by atoms with van der Waals surface area (Å²) >= 11 is 0. The average Bonchev–Trinajstić information content (AvgIpc) is 3.09. The summed E-state index contributed by atoms with van der Waals surface area (Å²) in [5, 5.41) is 30.5. The predicted molar refractivity (Wildman–Crippen MR) is 210 cm³/mol. The molecular weight excluding hydrogens is 728 g/mol. The highest BCUT2D eigenvalue weighted by Crippen LogP contribution is 2.34. The van der Waals surface area contributed by atoms with Crippen molar-refractivity contribution < 1.29 is 53.2 Å². The molecule has 0 fully saturated rings. The van der Waals surface area contributed by atoms with Gasteiger partial charge in [0.15, 0.2) is 11.6 Å². The number of nitrogen functional groups attached to an aromatic ring is 1. The molecule has 56 heavy (non-hydrogen) atoms. The van der Waals surface area contributed by atoms with Crippen LogP contribution < -0.4 is 32.7 Å². The number of hydrogen-bond donors (Lipinski definition) is 8. The van der Waals surface area contributed by atoms with E-state index in [1.807, 2.05) is 0 Å². The lowest BCUT2D eigenvalue weighted by Crippen LogP contribution is -2.56. The molecule has 0 spiro atoms. The monoisotopic (exact) mass is 792 g/mol. The third kappa shape index (κ3) is 17.6. The maximum Gasteiger partial charge on any atom is 0.326 e. The smallest absolute Gasteiger partial charge is 0.326 e. The number of ether oxygens (including phenoxy) is 2. The van der Waals surface area contributed by atoms with E-state index in [1.54, 1.807) is 65.8 Å². The first-order valence-corrected chi connectivity index (χ1v) is 18.8. The van der Waals surface area contributed by atoms with Gasteiger partial charge in [0.1, 0.15) is 12.6 Å². The molecule has 17 nitrogen and oxygen atoms in total. The number of carboxylic acids is 2. The van der Waals surface area contributed by atoms with E-state index in [0.29, 0.717) is 37.1 Å². The van der Waals surface area contributed by atoms with Gasteiger partial charge < -0.3 is 47.1 Å². The van der Waals surface area contributed by atoms with Crippen molar-refractivity contribution in [3.63, 3.8) is 0 Å². The molecule has 0 aliphatic rings. The number of benzene rings is 1. The highest BCUT2D eigenvalue weighted by atomic mass is 16.5. The normalized spacial score (nSPS) is 13.4. The summed E-state index contributed by atoms with van der Waals surface area (Å²) in [5.74, 6) is -4.40. The Bertz CT molecular complexity index is 1510. The van der Waals surface area contributed by atoms with E-state index in [0.717, 1.165) is 0 Å². The molecule has 2 unspecified atom stereocenters. The molecule has 0 aliphatic heterocycles.